The van der Waals surface area contributed by atoms with Crippen molar-refractivity contribution in [2.24, 2.45) is 5.92 Å². The van der Waals surface area contributed by atoms with E-state index in [0.29, 0.717) is 36.0 Å². The third-order valence-electron chi connectivity index (χ3n) is 6.56. The molecule has 2 atom stereocenters. The van der Waals surface area contributed by atoms with Crippen LogP contribution in [0.1, 0.15) is 54.1 Å². The largest absolute Gasteiger partial charge is 0.489 e. The molecular formula is C25H35N3O4. The third kappa shape index (κ3) is 5.51. The van der Waals surface area contributed by atoms with E-state index >= 15 is 0 Å². The third-order valence-corrected chi connectivity index (χ3v) is 6.56. The Morgan fingerprint density at radius 2 is 1.88 bits per heavy atom. The van der Waals surface area contributed by atoms with Gasteiger partial charge in [-0.1, -0.05) is 11.2 Å². The second-order valence-corrected chi connectivity index (χ2v) is 9.33. The number of carbonyl (C=O) groups is 1. The van der Waals surface area contributed by atoms with Crippen LogP contribution >= 0.6 is 0 Å². The molecule has 2 aliphatic heterocycles. The standard InChI is InChI=1S/C25H35N3O4/c1-17-13-27(14-18(2)31-17)15-21-8-10-28(11-9-21)25(29)22-6-5-7-23(12-22)30-16-24-19(3)26-32-20(24)4/h5-7,12,17-18,21H,8-11,13-16H2,1-4H3. The van der Waals surface area contributed by atoms with E-state index in [1.165, 1.54) is 0 Å². The maximum Gasteiger partial charge on any atom is 0.253 e. The smallest absolute Gasteiger partial charge is 0.253 e. The van der Waals surface area contributed by atoms with Crippen LogP contribution in [0.4, 0.5) is 0 Å². The van der Waals surface area contributed by atoms with E-state index in [0.717, 1.165) is 62.6 Å². The number of benzene rings is 1. The molecule has 0 radical (unpaired) electrons. The highest BCUT2D eigenvalue weighted by atomic mass is 16.5. The van der Waals surface area contributed by atoms with E-state index in [1.54, 1.807) is 0 Å². The summed E-state index contributed by atoms with van der Waals surface area (Å²) in [6.07, 6.45) is 2.70. The maximum atomic E-state index is 13.1. The van der Waals surface area contributed by atoms with Gasteiger partial charge in [0.1, 0.15) is 18.1 Å². The van der Waals surface area contributed by atoms with Gasteiger partial charge >= 0.3 is 0 Å². The van der Waals surface area contributed by atoms with Gasteiger partial charge in [0.2, 0.25) is 0 Å². The number of aryl methyl sites for hydroxylation is 2. The van der Waals surface area contributed by atoms with E-state index in [4.69, 9.17) is 14.0 Å². The fraction of sp³-hybridized carbons (Fsp3) is 0.600. The Morgan fingerprint density at radius 1 is 1.16 bits per heavy atom. The molecule has 1 aromatic carbocycles. The lowest BCUT2D eigenvalue weighted by Gasteiger charge is -2.39. The Hall–Kier alpha value is -2.38. The summed E-state index contributed by atoms with van der Waals surface area (Å²) in [5.74, 6) is 2.17. The fourth-order valence-electron chi connectivity index (χ4n) is 4.88. The molecular weight excluding hydrogens is 406 g/mol. The lowest BCUT2D eigenvalue weighted by atomic mass is 9.95. The molecule has 3 heterocycles. The van der Waals surface area contributed by atoms with Crippen LogP contribution in [0, 0.1) is 19.8 Å². The lowest BCUT2D eigenvalue weighted by Crippen LogP contribution is -2.48. The average molecular weight is 442 g/mol. The zero-order valence-corrected chi connectivity index (χ0v) is 19.7. The lowest BCUT2D eigenvalue weighted by molar-refractivity contribution is -0.0728. The molecule has 2 aromatic rings. The van der Waals surface area contributed by atoms with Crippen molar-refractivity contribution in [3.63, 3.8) is 0 Å². The first-order valence-electron chi connectivity index (χ1n) is 11.7. The van der Waals surface area contributed by atoms with E-state index in [1.807, 2.05) is 43.0 Å². The number of likely N-dealkylation sites (tertiary alicyclic amines) is 1. The van der Waals surface area contributed by atoms with Gasteiger partial charge < -0.3 is 18.9 Å². The van der Waals surface area contributed by atoms with Gasteiger partial charge in [0.15, 0.2) is 0 Å². The molecule has 1 amide bonds. The molecule has 7 heteroatoms. The van der Waals surface area contributed by atoms with Gasteiger partial charge in [-0.25, -0.2) is 0 Å². The van der Waals surface area contributed by atoms with Crippen LogP contribution in [0.25, 0.3) is 0 Å². The molecule has 0 saturated carbocycles. The predicted octanol–water partition coefficient (Wildman–Crippen LogP) is 3.83. The number of morpholine rings is 1. The molecule has 2 fully saturated rings. The number of nitrogens with zero attached hydrogens (tertiary/aromatic N) is 3. The number of hydrogen-bond acceptors (Lipinski definition) is 6. The minimum absolute atomic E-state index is 0.0832. The number of amides is 1. The van der Waals surface area contributed by atoms with Crippen molar-refractivity contribution in [1.82, 2.24) is 15.0 Å². The Labute approximate surface area is 190 Å². The Balaban J connectivity index is 1.29. The number of piperidine rings is 1. The summed E-state index contributed by atoms with van der Waals surface area (Å²) in [5, 5.41) is 3.96. The molecule has 2 unspecified atom stereocenters. The first kappa shape index (κ1) is 22.8. The van der Waals surface area contributed by atoms with Gasteiger partial charge in [0, 0.05) is 38.3 Å². The Bertz CT molecular complexity index is 890. The van der Waals surface area contributed by atoms with Gasteiger partial charge in [-0.15, -0.1) is 0 Å². The second-order valence-electron chi connectivity index (χ2n) is 9.33. The number of rotatable bonds is 6. The van der Waals surface area contributed by atoms with Crippen molar-refractivity contribution in [3.8, 4) is 5.75 Å². The topological polar surface area (TPSA) is 68.0 Å². The SMILES string of the molecule is Cc1noc(C)c1COc1cccc(C(=O)N2CCC(CN3CC(C)OC(C)C3)CC2)c1. The molecule has 174 valence electrons. The highest BCUT2D eigenvalue weighted by Gasteiger charge is 2.28. The number of ether oxygens (including phenoxy) is 2. The van der Waals surface area contributed by atoms with Crippen molar-refractivity contribution in [3.05, 3.63) is 46.8 Å². The van der Waals surface area contributed by atoms with Crippen molar-refractivity contribution in [2.45, 2.75) is 59.4 Å². The van der Waals surface area contributed by atoms with Crippen LogP contribution in [0.2, 0.25) is 0 Å². The Morgan fingerprint density at radius 3 is 2.53 bits per heavy atom. The molecule has 0 spiro atoms. The van der Waals surface area contributed by atoms with E-state index in [9.17, 15) is 4.79 Å². The fourth-order valence-corrected chi connectivity index (χ4v) is 4.88. The van der Waals surface area contributed by atoms with Crippen LogP contribution in [0.15, 0.2) is 28.8 Å². The quantitative estimate of drug-likeness (QED) is 0.679. The first-order chi connectivity index (χ1) is 15.4. The highest BCUT2D eigenvalue weighted by Crippen LogP contribution is 2.24. The van der Waals surface area contributed by atoms with E-state index in [-0.39, 0.29) is 5.91 Å². The molecule has 2 saturated heterocycles. The summed E-state index contributed by atoms with van der Waals surface area (Å²) in [7, 11) is 0. The van der Waals surface area contributed by atoms with Crippen molar-refractivity contribution >= 4 is 5.91 Å². The van der Waals surface area contributed by atoms with Crippen molar-refractivity contribution in [1.29, 1.82) is 0 Å². The van der Waals surface area contributed by atoms with Crippen LogP contribution in [-0.2, 0) is 11.3 Å². The second kappa shape index (κ2) is 10.0. The van der Waals surface area contributed by atoms with Gasteiger partial charge in [0.05, 0.1) is 23.5 Å². The molecule has 32 heavy (non-hydrogen) atoms. The zero-order valence-electron chi connectivity index (χ0n) is 19.7. The highest BCUT2D eigenvalue weighted by molar-refractivity contribution is 5.94. The summed E-state index contributed by atoms with van der Waals surface area (Å²) >= 11 is 0. The average Bonchev–Trinajstić information content (AvgIpc) is 3.09. The number of aromatic nitrogens is 1. The summed E-state index contributed by atoms with van der Waals surface area (Å²) in [6.45, 7) is 13.2. The normalized spacial score (nSPS) is 22.8. The number of hydrogen-bond donors (Lipinski definition) is 0. The molecule has 0 N–H and O–H groups in total. The molecule has 0 aliphatic carbocycles. The summed E-state index contributed by atoms with van der Waals surface area (Å²) in [6, 6.07) is 7.46. The molecule has 0 bridgehead atoms. The van der Waals surface area contributed by atoms with Gasteiger partial charge in [0.25, 0.3) is 5.91 Å². The van der Waals surface area contributed by atoms with E-state index in [2.05, 4.69) is 23.9 Å². The van der Waals surface area contributed by atoms with Gasteiger partial charge in [-0.3, -0.25) is 9.69 Å². The van der Waals surface area contributed by atoms with Crippen LogP contribution in [0.3, 0.4) is 0 Å². The van der Waals surface area contributed by atoms with Crippen molar-refractivity contribution < 1.29 is 18.8 Å². The van der Waals surface area contributed by atoms with Crippen LogP contribution in [0.5, 0.6) is 5.75 Å². The Kier molecular flexibility index (Phi) is 7.16. The zero-order chi connectivity index (χ0) is 22.7. The first-order valence-corrected chi connectivity index (χ1v) is 11.7. The molecule has 7 nitrogen and oxygen atoms in total. The van der Waals surface area contributed by atoms with Crippen LogP contribution < -0.4 is 4.74 Å². The molecule has 1 aromatic heterocycles. The molecule has 2 aliphatic rings. The summed E-state index contributed by atoms with van der Waals surface area (Å²) in [5.41, 5.74) is 2.46. The van der Waals surface area contributed by atoms with E-state index < -0.39 is 0 Å². The predicted molar refractivity (Wildman–Crippen MR) is 122 cm³/mol. The minimum Gasteiger partial charge on any atom is -0.489 e. The monoisotopic (exact) mass is 441 g/mol. The van der Waals surface area contributed by atoms with Crippen LogP contribution in [-0.4, -0.2) is 65.8 Å². The molecule has 4 rings (SSSR count). The van der Waals surface area contributed by atoms with Crippen molar-refractivity contribution in [2.75, 3.05) is 32.7 Å². The summed E-state index contributed by atoms with van der Waals surface area (Å²) < 4.78 is 17.0. The van der Waals surface area contributed by atoms with Gasteiger partial charge in [-0.05, 0) is 64.7 Å². The van der Waals surface area contributed by atoms with Gasteiger partial charge in [-0.2, -0.15) is 0 Å². The maximum absolute atomic E-state index is 13.1. The number of carbonyl (C=O) groups excluding carboxylic acids is 1. The minimum atomic E-state index is 0.0832. The summed E-state index contributed by atoms with van der Waals surface area (Å²) in [4.78, 5) is 17.6.